The Balaban J connectivity index is 1.89. The molecule has 2 aromatic carbocycles. The predicted molar refractivity (Wildman–Crippen MR) is 101 cm³/mol. The second kappa shape index (κ2) is 8.80. The van der Waals surface area contributed by atoms with Gasteiger partial charge in [0.05, 0.1) is 0 Å². The molecule has 0 atom stereocenters. The van der Waals surface area contributed by atoms with Crippen LogP contribution in [0.2, 0.25) is 0 Å². The largest absolute Gasteiger partial charge is 0.326 e. The van der Waals surface area contributed by atoms with Gasteiger partial charge in [0.25, 0.3) is 11.8 Å². The number of benzene rings is 2. The van der Waals surface area contributed by atoms with Crippen LogP contribution in [0.4, 0.5) is 5.69 Å². The van der Waals surface area contributed by atoms with Gasteiger partial charge in [-0.25, -0.2) is 0 Å². The zero-order valence-electron chi connectivity index (χ0n) is 15.1. The normalized spacial score (nSPS) is 10.3. The fraction of sp³-hybridized carbons (Fsp3) is 0.250. The highest BCUT2D eigenvalue weighted by Gasteiger charge is 2.10. The summed E-state index contributed by atoms with van der Waals surface area (Å²) >= 11 is 0. The van der Waals surface area contributed by atoms with Crippen molar-refractivity contribution in [3.8, 4) is 0 Å². The third-order valence-electron chi connectivity index (χ3n) is 3.59. The molecular formula is C20H23N3O3. The van der Waals surface area contributed by atoms with Crippen LogP contribution in [0.15, 0.2) is 48.5 Å². The molecule has 136 valence electrons. The molecule has 0 saturated carbocycles. The zero-order chi connectivity index (χ0) is 19.1. The van der Waals surface area contributed by atoms with Gasteiger partial charge in [0.15, 0.2) is 0 Å². The van der Waals surface area contributed by atoms with Gasteiger partial charge in [-0.05, 0) is 49.2 Å². The topological polar surface area (TPSA) is 87.3 Å². The van der Waals surface area contributed by atoms with Crippen LogP contribution in [-0.2, 0) is 4.79 Å². The monoisotopic (exact) mass is 353 g/mol. The van der Waals surface area contributed by atoms with Gasteiger partial charge in [-0.2, -0.15) is 0 Å². The maximum atomic E-state index is 12.1. The van der Waals surface area contributed by atoms with Crippen molar-refractivity contribution in [3.63, 3.8) is 0 Å². The quantitative estimate of drug-likeness (QED) is 0.722. The first-order valence-electron chi connectivity index (χ1n) is 8.42. The summed E-state index contributed by atoms with van der Waals surface area (Å²) in [5.74, 6) is -0.620. The number of amides is 3. The molecule has 0 aliphatic carbocycles. The van der Waals surface area contributed by atoms with Crippen LogP contribution in [0.5, 0.6) is 0 Å². The van der Waals surface area contributed by atoms with Gasteiger partial charge in [-0.1, -0.05) is 31.5 Å². The maximum absolute atomic E-state index is 12.1. The number of rotatable bonds is 5. The minimum absolute atomic E-state index is 0.0670. The van der Waals surface area contributed by atoms with E-state index in [-0.39, 0.29) is 17.7 Å². The second-order valence-electron chi connectivity index (χ2n) is 6.50. The molecule has 0 heterocycles. The number of aryl methyl sites for hydroxylation is 1. The Morgan fingerprint density at radius 2 is 1.50 bits per heavy atom. The minimum atomic E-state index is -0.439. The summed E-state index contributed by atoms with van der Waals surface area (Å²) in [5, 5.41) is 2.78. The molecule has 0 radical (unpaired) electrons. The molecule has 0 unspecified atom stereocenters. The Kier molecular flexibility index (Phi) is 6.49. The molecule has 0 saturated heterocycles. The van der Waals surface area contributed by atoms with E-state index >= 15 is 0 Å². The van der Waals surface area contributed by atoms with E-state index in [4.69, 9.17) is 0 Å². The van der Waals surface area contributed by atoms with E-state index in [9.17, 15) is 14.4 Å². The summed E-state index contributed by atoms with van der Waals surface area (Å²) < 4.78 is 0. The molecule has 6 nitrogen and oxygen atoms in total. The van der Waals surface area contributed by atoms with Gasteiger partial charge in [0.2, 0.25) is 5.91 Å². The van der Waals surface area contributed by atoms with Gasteiger partial charge in [-0.3, -0.25) is 25.2 Å². The summed E-state index contributed by atoms with van der Waals surface area (Å²) in [5.41, 5.74) is 7.18. The molecule has 0 fully saturated rings. The minimum Gasteiger partial charge on any atom is -0.326 e. The number of carbonyl (C=O) groups excluding carboxylic acids is 3. The molecule has 6 heteroatoms. The first-order valence-corrected chi connectivity index (χ1v) is 8.42. The number of carbonyl (C=O) groups is 3. The third kappa shape index (κ3) is 5.73. The standard InChI is InChI=1S/C20H23N3O3/c1-13(2)11-18(24)21-17-9-7-15(8-10-17)19(25)22-23-20(26)16-6-4-5-14(3)12-16/h4-10,12-13H,11H2,1-3H3,(H,21,24)(H,22,25)(H,23,26). The molecule has 0 aliphatic heterocycles. The fourth-order valence-electron chi connectivity index (χ4n) is 2.33. The molecular weight excluding hydrogens is 330 g/mol. The van der Waals surface area contributed by atoms with Crippen LogP contribution in [0.3, 0.4) is 0 Å². The van der Waals surface area contributed by atoms with E-state index < -0.39 is 5.91 Å². The van der Waals surface area contributed by atoms with Gasteiger partial charge in [0.1, 0.15) is 0 Å². The van der Waals surface area contributed by atoms with Crippen LogP contribution < -0.4 is 16.2 Å². The smallest absolute Gasteiger partial charge is 0.269 e. The van der Waals surface area contributed by atoms with E-state index in [1.54, 1.807) is 42.5 Å². The van der Waals surface area contributed by atoms with Crippen molar-refractivity contribution in [2.45, 2.75) is 27.2 Å². The molecule has 0 spiro atoms. The second-order valence-corrected chi connectivity index (χ2v) is 6.50. The lowest BCUT2D eigenvalue weighted by Gasteiger charge is -2.09. The summed E-state index contributed by atoms with van der Waals surface area (Å²) in [7, 11) is 0. The highest BCUT2D eigenvalue weighted by Crippen LogP contribution is 2.11. The number of hydrazine groups is 1. The first kappa shape index (κ1) is 19.2. The summed E-state index contributed by atoms with van der Waals surface area (Å²) in [6, 6.07) is 13.5. The van der Waals surface area contributed by atoms with Crippen molar-refractivity contribution >= 4 is 23.4 Å². The van der Waals surface area contributed by atoms with Crippen LogP contribution >= 0.6 is 0 Å². The van der Waals surface area contributed by atoms with Crippen molar-refractivity contribution in [2.75, 3.05) is 5.32 Å². The molecule has 26 heavy (non-hydrogen) atoms. The first-order chi connectivity index (χ1) is 12.3. The fourth-order valence-corrected chi connectivity index (χ4v) is 2.33. The van der Waals surface area contributed by atoms with Gasteiger partial charge in [-0.15, -0.1) is 0 Å². The average Bonchev–Trinajstić information content (AvgIpc) is 2.59. The maximum Gasteiger partial charge on any atom is 0.269 e. The van der Waals surface area contributed by atoms with E-state index in [1.165, 1.54) is 0 Å². The van der Waals surface area contributed by atoms with Crippen LogP contribution in [-0.4, -0.2) is 17.7 Å². The lowest BCUT2D eigenvalue weighted by Crippen LogP contribution is -2.41. The highest BCUT2D eigenvalue weighted by molar-refractivity contribution is 5.99. The molecule has 0 bridgehead atoms. The lowest BCUT2D eigenvalue weighted by atomic mass is 10.1. The predicted octanol–water partition coefficient (Wildman–Crippen LogP) is 3.05. The van der Waals surface area contributed by atoms with Crippen molar-refractivity contribution < 1.29 is 14.4 Å². The number of nitrogens with one attached hydrogen (secondary N) is 3. The van der Waals surface area contributed by atoms with E-state index in [0.717, 1.165) is 5.56 Å². The molecule has 0 aromatic heterocycles. The summed E-state index contributed by atoms with van der Waals surface area (Å²) in [4.78, 5) is 35.9. The van der Waals surface area contributed by atoms with Crippen molar-refractivity contribution in [1.29, 1.82) is 0 Å². The molecule has 0 aliphatic rings. The van der Waals surface area contributed by atoms with Gasteiger partial charge < -0.3 is 5.32 Å². The summed E-state index contributed by atoms with van der Waals surface area (Å²) in [6.45, 7) is 5.83. The van der Waals surface area contributed by atoms with Crippen LogP contribution in [0.1, 0.15) is 46.5 Å². The lowest BCUT2D eigenvalue weighted by molar-refractivity contribution is -0.116. The van der Waals surface area contributed by atoms with Gasteiger partial charge >= 0.3 is 0 Å². The van der Waals surface area contributed by atoms with Crippen molar-refractivity contribution in [3.05, 3.63) is 65.2 Å². The average molecular weight is 353 g/mol. The van der Waals surface area contributed by atoms with Crippen LogP contribution in [0.25, 0.3) is 0 Å². The van der Waals surface area contributed by atoms with E-state index in [2.05, 4.69) is 16.2 Å². The SMILES string of the molecule is Cc1cccc(C(=O)NNC(=O)c2ccc(NC(=O)CC(C)C)cc2)c1. The molecule has 3 amide bonds. The third-order valence-corrected chi connectivity index (χ3v) is 3.59. The summed E-state index contributed by atoms with van der Waals surface area (Å²) in [6.07, 6.45) is 0.438. The molecule has 3 N–H and O–H groups in total. The van der Waals surface area contributed by atoms with Crippen molar-refractivity contribution in [2.24, 2.45) is 5.92 Å². The zero-order valence-corrected chi connectivity index (χ0v) is 15.1. The molecule has 2 aromatic rings. The van der Waals surface area contributed by atoms with Gasteiger partial charge in [0, 0.05) is 23.2 Å². The van der Waals surface area contributed by atoms with Crippen LogP contribution in [0, 0.1) is 12.8 Å². The number of hydrogen-bond donors (Lipinski definition) is 3. The Hall–Kier alpha value is -3.15. The Morgan fingerprint density at radius 1 is 0.885 bits per heavy atom. The Labute approximate surface area is 153 Å². The van der Waals surface area contributed by atoms with E-state index in [1.807, 2.05) is 26.8 Å². The Morgan fingerprint density at radius 3 is 2.08 bits per heavy atom. The highest BCUT2D eigenvalue weighted by atomic mass is 16.2. The number of hydrogen-bond acceptors (Lipinski definition) is 3. The van der Waals surface area contributed by atoms with Crippen molar-refractivity contribution in [1.82, 2.24) is 10.9 Å². The number of anilines is 1. The van der Waals surface area contributed by atoms with E-state index in [0.29, 0.717) is 23.2 Å². The Bertz CT molecular complexity index is 798. The molecule has 2 rings (SSSR count).